The lowest BCUT2D eigenvalue weighted by molar-refractivity contribution is -0.0567. The second kappa shape index (κ2) is 5.42. The fraction of sp³-hybridized carbons (Fsp3) is 0.385. The summed E-state index contributed by atoms with van der Waals surface area (Å²) in [5, 5.41) is 31.7. The molecular formula is C13H17NO3. The maximum absolute atomic E-state index is 9.76. The minimum Gasteiger partial charge on any atom is -0.388 e. The zero-order valence-electron chi connectivity index (χ0n) is 9.40. The van der Waals surface area contributed by atoms with E-state index in [9.17, 15) is 15.3 Å². The summed E-state index contributed by atoms with van der Waals surface area (Å²) in [5.41, 5.74) is 1.11. The van der Waals surface area contributed by atoms with E-state index in [4.69, 9.17) is 0 Å². The van der Waals surface area contributed by atoms with E-state index in [0.29, 0.717) is 6.54 Å². The van der Waals surface area contributed by atoms with E-state index >= 15 is 0 Å². The monoisotopic (exact) mass is 235 g/mol. The molecular weight excluding hydrogens is 218 g/mol. The van der Waals surface area contributed by atoms with Gasteiger partial charge in [-0.15, -0.1) is 0 Å². The van der Waals surface area contributed by atoms with Crippen molar-refractivity contribution in [1.29, 1.82) is 0 Å². The van der Waals surface area contributed by atoms with Crippen LogP contribution in [0.1, 0.15) is 5.56 Å². The second-order valence-corrected chi connectivity index (χ2v) is 4.25. The fourth-order valence-electron chi connectivity index (χ4n) is 1.90. The summed E-state index contributed by atoms with van der Waals surface area (Å²) >= 11 is 0. The number of hydrogen-bond donors (Lipinski definition) is 4. The lowest BCUT2D eigenvalue weighted by Gasteiger charge is -2.31. The molecule has 0 spiro atoms. The predicted molar refractivity (Wildman–Crippen MR) is 64.2 cm³/mol. The summed E-state index contributed by atoms with van der Waals surface area (Å²) in [5.74, 6) is 0. The summed E-state index contributed by atoms with van der Waals surface area (Å²) < 4.78 is 0. The Balaban J connectivity index is 1.94. The third-order valence-corrected chi connectivity index (χ3v) is 2.97. The normalized spacial score (nSPS) is 32.6. The van der Waals surface area contributed by atoms with Gasteiger partial charge in [-0.2, -0.15) is 0 Å². The zero-order chi connectivity index (χ0) is 12.3. The Morgan fingerprint density at radius 1 is 0.941 bits per heavy atom. The van der Waals surface area contributed by atoms with Crippen LogP contribution in [-0.4, -0.2) is 39.7 Å². The van der Waals surface area contributed by atoms with E-state index in [-0.39, 0.29) is 6.04 Å². The Labute approximate surface area is 100 Å². The summed E-state index contributed by atoms with van der Waals surface area (Å²) in [7, 11) is 0. The summed E-state index contributed by atoms with van der Waals surface area (Å²) in [6.07, 6.45) is 0.0807. The smallest absolute Gasteiger partial charge is 0.111 e. The molecule has 17 heavy (non-hydrogen) atoms. The second-order valence-electron chi connectivity index (χ2n) is 4.25. The predicted octanol–water partition coefficient (Wildman–Crippen LogP) is -0.203. The molecule has 4 heteroatoms. The van der Waals surface area contributed by atoms with Crippen LogP contribution in [0.2, 0.25) is 0 Å². The number of rotatable bonds is 3. The van der Waals surface area contributed by atoms with Gasteiger partial charge in [0, 0.05) is 6.54 Å². The van der Waals surface area contributed by atoms with Crippen molar-refractivity contribution in [3.8, 4) is 0 Å². The standard InChI is InChI=1S/C13H17NO3/c15-11-7-6-10(12(16)13(11)17)14-8-9-4-2-1-3-5-9/h1-7,10-17H,8H2/t10?,11?,12?,13-/m0/s1. The molecule has 1 aliphatic rings. The molecule has 92 valence electrons. The van der Waals surface area contributed by atoms with Crippen molar-refractivity contribution in [2.24, 2.45) is 0 Å². The van der Waals surface area contributed by atoms with Crippen molar-refractivity contribution in [1.82, 2.24) is 5.32 Å². The van der Waals surface area contributed by atoms with E-state index in [0.717, 1.165) is 5.56 Å². The van der Waals surface area contributed by atoms with Gasteiger partial charge in [0.05, 0.1) is 6.04 Å². The van der Waals surface area contributed by atoms with Gasteiger partial charge in [0.15, 0.2) is 0 Å². The maximum Gasteiger partial charge on any atom is 0.111 e. The molecule has 0 aliphatic heterocycles. The van der Waals surface area contributed by atoms with Crippen LogP contribution < -0.4 is 5.32 Å². The first kappa shape index (κ1) is 12.3. The Kier molecular flexibility index (Phi) is 3.91. The van der Waals surface area contributed by atoms with Crippen LogP contribution in [-0.2, 0) is 6.54 Å². The molecule has 0 bridgehead atoms. The van der Waals surface area contributed by atoms with Gasteiger partial charge in [0.25, 0.3) is 0 Å². The van der Waals surface area contributed by atoms with Crippen molar-refractivity contribution in [3.63, 3.8) is 0 Å². The molecule has 0 amide bonds. The molecule has 0 aromatic heterocycles. The minimum atomic E-state index is -1.13. The molecule has 0 heterocycles. The molecule has 4 N–H and O–H groups in total. The van der Waals surface area contributed by atoms with Crippen molar-refractivity contribution in [2.45, 2.75) is 30.9 Å². The van der Waals surface area contributed by atoms with Gasteiger partial charge in [-0.25, -0.2) is 0 Å². The van der Waals surface area contributed by atoms with Crippen LogP contribution >= 0.6 is 0 Å². The van der Waals surface area contributed by atoms with Gasteiger partial charge in [0.1, 0.15) is 18.3 Å². The average Bonchev–Trinajstić information content (AvgIpc) is 2.36. The number of nitrogens with one attached hydrogen (secondary N) is 1. The van der Waals surface area contributed by atoms with Gasteiger partial charge in [-0.05, 0) is 5.56 Å². The highest BCUT2D eigenvalue weighted by Gasteiger charge is 2.32. The van der Waals surface area contributed by atoms with Gasteiger partial charge in [-0.3, -0.25) is 0 Å². The molecule has 1 aromatic rings. The van der Waals surface area contributed by atoms with E-state index < -0.39 is 18.3 Å². The van der Waals surface area contributed by atoms with Crippen molar-refractivity contribution >= 4 is 0 Å². The minimum absolute atomic E-state index is 0.339. The van der Waals surface area contributed by atoms with Crippen molar-refractivity contribution in [2.75, 3.05) is 0 Å². The average molecular weight is 235 g/mol. The molecule has 0 saturated heterocycles. The molecule has 4 nitrogen and oxygen atoms in total. The highest BCUT2D eigenvalue weighted by atomic mass is 16.4. The number of aliphatic hydroxyl groups is 3. The van der Waals surface area contributed by atoms with Gasteiger partial charge in [0.2, 0.25) is 0 Å². The zero-order valence-corrected chi connectivity index (χ0v) is 9.40. The molecule has 3 unspecified atom stereocenters. The largest absolute Gasteiger partial charge is 0.388 e. The first-order valence-corrected chi connectivity index (χ1v) is 5.68. The lowest BCUT2D eigenvalue weighted by Crippen LogP contribution is -2.51. The number of benzene rings is 1. The summed E-state index contributed by atoms with van der Waals surface area (Å²) in [4.78, 5) is 0. The first-order chi connectivity index (χ1) is 8.18. The van der Waals surface area contributed by atoms with Gasteiger partial charge < -0.3 is 20.6 Å². The van der Waals surface area contributed by atoms with Crippen molar-refractivity contribution < 1.29 is 15.3 Å². The lowest BCUT2D eigenvalue weighted by atomic mass is 9.94. The van der Waals surface area contributed by atoms with Gasteiger partial charge >= 0.3 is 0 Å². The van der Waals surface area contributed by atoms with E-state index in [1.165, 1.54) is 6.08 Å². The van der Waals surface area contributed by atoms with E-state index in [1.54, 1.807) is 6.08 Å². The Morgan fingerprint density at radius 3 is 2.35 bits per heavy atom. The van der Waals surface area contributed by atoms with Crippen LogP contribution in [0.3, 0.4) is 0 Å². The molecule has 0 radical (unpaired) electrons. The molecule has 0 fully saturated rings. The summed E-state index contributed by atoms with van der Waals surface area (Å²) in [6.45, 7) is 0.607. The fourth-order valence-corrected chi connectivity index (χ4v) is 1.90. The van der Waals surface area contributed by atoms with Crippen molar-refractivity contribution in [3.05, 3.63) is 48.0 Å². The molecule has 1 aliphatic carbocycles. The highest BCUT2D eigenvalue weighted by molar-refractivity contribution is 5.16. The summed E-state index contributed by atoms with van der Waals surface area (Å²) in [6, 6.07) is 9.47. The van der Waals surface area contributed by atoms with Crippen LogP contribution in [0.25, 0.3) is 0 Å². The maximum atomic E-state index is 9.76. The topological polar surface area (TPSA) is 72.7 Å². The van der Waals surface area contributed by atoms with Crippen LogP contribution in [0.5, 0.6) is 0 Å². The number of aliphatic hydroxyl groups excluding tert-OH is 3. The third kappa shape index (κ3) is 2.92. The van der Waals surface area contributed by atoms with Crippen LogP contribution in [0.15, 0.2) is 42.5 Å². The Morgan fingerprint density at radius 2 is 1.65 bits per heavy atom. The molecule has 0 saturated carbocycles. The van der Waals surface area contributed by atoms with Crippen LogP contribution in [0.4, 0.5) is 0 Å². The quantitative estimate of drug-likeness (QED) is 0.547. The molecule has 4 atom stereocenters. The first-order valence-electron chi connectivity index (χ1n) is 5.68. The van der Waals surface area contributed by atoms with E-state index in [1.807, 2.05) is 30.3 Å². The Bertz CT molecular complexity index is 380. The Hall–Kier alpha value is -1.20. The van der Waals surface area contributed by atoms with Crippen LogP contribution in [0, 0.1) is 0 Å². The molecule has 1 aromatic carbocycles. The highest BCUT2D eigenvalue weighted by Crippen LogP contribution is 2.14. The SMILES string of the molecule is OC1C=CC(NCc2ccccc2)C(O)[C@H]1O. The third-order valence-electron chi connectivity index (χ3n) is 2.97. The molecule has 2 rings (SSSR count). The van der Waals surface area contributed by atoms with E-state index in [2.05, 4.69) is 5.32 Å². The number of hydrogen-bond acceptors (Lipinski definition) is 4. The van der Waals surface area contributed by atoms with Gasteiger partial charge in [-0.1, -0.05) is 42.5 Å².